The van der Waals surface area contributed by atoms with Crippen LogP contribution in [0, 0.1) is 5.82 Å². The highest BCUT2D eigenvalue weighted by Gasteiger charge is 2.10. The van der Waals surface area contributed by atoms with Gasteiger partial charge in [-0.05, 0) is 12.1 Å². The molecule has 3 rings (SSSR count). The Balaban J connectivity index is 2.36. The minimum atomic E-state index is -0.594. The lowest BCUT2D eigenvalue weighted by Crippen LogP contribution is -2.11. The fraction of sp³-hybridized carbons (Fsp3) is 0. The van der Waals surface area contributed by atoms with Crippen LogP contribution in [-0.4, -0.2) is 15.1 Å². The largest absolute Gasteiger partial charge is 0.364 e. The molecule has 0 spiro atoms. The highest BCUT2D eigenvalue weighted by Crippen LogP contribution is 2.15. The van der Waals surface area contributed by atoms with Crippen molar-refractivity contribution in [2.24, 2.45) is 0 Å². The molecule has 0 aliphatic carbocycles. The van der Waals surface area contributed by atoms with Crippen LogP contribution in [-0.2, 0) is 0 Å². The van der Waals surface area contributed by atoms with Gasteiger partial charge in [-0.1, -0.05) is 11.2 Å². The third-order valence-electron chi connectivity index (χ3n) is 2.36. The van der Waals surface area contributed by atoms with E-state index in [4.69, 9.17) is 0 Å². The first-order valence-electron chi connectivity index (χ1n) is 4.85. The molecule has 0 unspecified atom stereocenters. The first-order valence-corrected chi connectivity index (χ1v) is 4.85. The minimum absolute atomic E-state index is 0.0558. The second-order valence-corrected chi connectivity index (χ2v) is 3.43. The Kier molecular flexibility index (Phi) is 2.01. The van der Waals surface area contributed by atoms with Crippen LogP contribution in [0.3, 0.4) is 0 Å². The Hall–Kier alpha value is -2.50. The predicted octanol–water partition coefficient (Wildman–Crippen LogP) is 1.72. The lowest BCUT2D eigenvalue weighted by molar-refractivity contribution is 0.422. The topological polar surface area (TPSA) is 71.8 Å². The Morgan fingerprint density at radius 3 is 2.94 bits per heavy atom. The van der Waals surface area contributed by atoms with Gasteiger partial charge in [0.05, 0.1) is 5.52 Å². The number of hydrogen-bond acceptors (Lipinski definition) is 4. The number of rotatable bonds is 1. The quantitative estimate of drug-likeness (QED) is 0.692. The number of hydrogen-bond donors (Lipinski definition) is 1. The van der Waals surface area contributed by atoms with Crippen LogP contribution in [0.15, 0.2) is 39.8 Å². The van der Waals surface area contributed by atoms with Crippen molar-refractivity contribution in [3.63, 3.8) is 0 Å². The summed E-state index contributed by atoms with van der Waals surface area (Å²) in [6.07, 6.45) is 1.37. The molecule has 0 fully saturated rings. The molecule has 1 aromatic carbocycles. The smallest absolute Gasteiger partial charge is 0.262 e. The van der Waals surface area contributed by atoms with Gasteiger partial charge in [0.1, 0.15) is 23.2 Å². The standard InChI is InChI=1S/C11H6FN3O2/c12-6-2-1-3-7-9(6)11(16)14-10(13-7)8-4-5-17-15-8/h1-5H,(H,13,14,16). The molecule has 6 heteroatoms. The average molecular weight is 231 g/mol. The zero-order valence-corrected chi connectivity index (χ0v) is 8.48. The van der Waals surface area contributed by atoms with Crippen molar-refractivity contribution in [1.29, 1.82) is 0 Å². The number of nitrogens with zero attached hydrogens (tertiary/aromatic N) is 2. The van der Waals surface area contributed by atoms with Gasteiger partial charge in [-0.3, -0.25) is 4.79 Å². The number of aromatic amines is 1. The number of nitrogens with one attached hydrogen (secondary N) is 1. The average Bonchev–Trinajstić information content (AvgIpc) is 2.81. The maximum atomic E-state index is 13.4. The van der Waals surface area contributed by atoms with Crippen LogP contribution >= 0.6 is 0 Å². The first kappa shape index (κ1) is 9.71. The molecule has 84 valence electrons. The zero-order chi connectivity index (χ0) is 11.8. The molecule has 0 aliphatic heterocycles. The molecule has 2 heterocycles. The molecule has 5 nitrogen and oxygen atoms in total. The van der Waals surface area contributed by atoms with Crippen molar-refractivity contribution < 1.29 is 8.91 Å². The van der Waals surface area contributed by atoms with Gasteiger partial charge >= 0.3 is 0 Å². The van der Waals surface area contributed by atoms with Crippen molar-refractivity contribution in [1.82, 2.24) is 15.1 Å². The summed E-state index contributed by atoms with van der Waals surface area (Å²) in [6, 6.07) is 5.84. The van der Waals surface area contributed by atoms with E-state index < -0.39 is 11.4 Å². The summed E-state index contributed by atoms with van der Waals surface area (Å²) >= 11 is 0. The van der Waals surface area contributed by atoms with Crippen molar-refractivity contribution in [3.8, 4) is 11.5 Å². The van der Waals surface area contributed by atoms with Gasteiger partial charge in [0.15, 0.2) is 5.82 Å². The lowest BCUT2D eigenvalue weighted by Gasteiger charge is -2.00. The van der Waals surface area contributed by atoms with Gasteiger partial charge in [0.25, 0.3) is 5.56 Å². The van der Waals surface area contributed by atoms with Crippen molar-refractivity contribution in [3.05, 3.63) is 46.7 Å². The monoisotopic (exact) mass is 231 g/mol. The van der Waals surface area contributed by atoms with Gasteiger partial charge in [0.2, 0.25) is 0 Å². The maximum Gasteiger partial charge on any atom is 0.262 e. The first-order chi connectivity index (χ1) is 8.25. The maximum absolute atomic E-state index is 13.4. The fourth-order valence-corrected chi connectivity index (χ4v) is 1.61. The summed E-state index contributed by atoms with van der Waals surface area (Å²) in [7, 11) is 0. The summed E-state index contributed by atoms with van der Waals surface area (Å²) < 4.78 is 18.1. The fourth-order valence-electron chi connectivity index (χ4n) is 1.61. The summed E-state index contributed by atoms with van der Waals surface area (Å²) in [5.74, 6) is -0.343. The van der Waals surface area contributed by atoms with E-state index >= 15 is 0 Å². The Morgan fingerprint density at radius 2 is 2.18 bits per heavy atom. The van der Waals surface area contributed by atoms with E-state index in [9.17, 15) is 9.18 Å². The molecule has 0 saturated carbocycles. The highest BCUT2D eigenvalue weighted by atomic mass is 19.1. The van der Waals surface area contributed by atoms with Gasteiger partial charge in [-0.15, -0.1) is 0 Å². The van der Waals surface area contributed by atoms with Crippen molar-refractivity contribution in [2.45, 2.75) is 0 Å². The van der Waals surface area contributed by atoms with Gasteiger partial charge in [-0.25, -0.2) is 9.37 Å². The van der Waals surface area contributed by atoms with Gasteiger partial charge < -0.3 is 9.51 Å². The molecule has 17 heavy (non-hydrogen) atoms. The van der Waals surface area contributed by atoms with Crippen LogP contribution in [0.25, 0.3) is 22.4 Å². The molecule has 1 N–H and O–H groups in total. The third-order valence-corrected chi connectivity index (χ3v) is 2.36. The molecule has 0 radical (unpaired) electrons. The second-order valence-electron chi connectivity index (χ2n) is 3.43. The Labute approximate surface area is 93.9 Å². The van der Waals surface area contributed by atoms with Crippen molar-refractivity contribution >= 4 is 10.9 Å². The van der Waals surface area contributed by atoms with Gasteiger partial charge in [-0.2, -0.15) is 0 Å². The van der Waals surface area contributed by atoms with E-state index in [1.54, 1.807) is 12.1 Å². The van der Waals surface area contributed by atoms with Gasteiger partial charge in [0, 0.05) is 6.07 Å². The van der Waals surface area contributed by atoms with E-state index in [0.29, 0.717) is 5.69 Å². The van der Waals surface area contributed by atoms with E-state index in [1.807, 2.05) is 0 Å². The number of benzene rings is 1. The van der Waals surface area contributed by atoms with Crippen LogP contribution in [0.4, 0.5) is 4.39 Å². The van der Waals surface area contributed by atoms with E-state index in [1.165, 1.54) is 18.4 Å². The highest BCUT2D eigenvalue weighted by molar-refractivity contribution is 5.79. The number of halogens is 1. The van der Waals surface area contributed by atoms with E-state index in [-0.39, 0.29) is 16.7 Å². The number of fused-ring (bicyclic) bond motifs is 1. The molecular formula is C11H6FN3O2. The summed E-state index contributed by atoms with van der Waals surface area (Å²) in [4.78, 5) is 18.3. The van der Waals surface area contributed by atoms with E-state index in [0.717, 1.165) is 0 Å². The molecule has 0 aliphatic rings. The number of H-pyrrole nitrogens is 1. The third kappa shape index (κ3) is 1.50. The second kappa shape index (κ2) is 3.51. The minimum Gasteiger partial charge on any atom is -0.364 e. The molecule has 3 aromatic rings. The summed E-state index contributed by atoms with van der Waals surface area (Å²) in [5.41, 5.74) is 0.145. The zero-order valence-electron chi connectivity index (χ0n) is 8.48. The SMILES string of the molecule is O=c1[nH]c(-c2ccon2)nc2cccc(F)c12. The van der Waals surface area contributed by atoms with Crippen LogP contribution in [0.2, 0.25) is 0 Å². The van der Waals surface area contributed by atoms with E-state index in [2.05, 4.69) is 19.6 Å². The predicted molar refractivity (Wildman–Crippen MR) is 57.8 cm³/mol. The molecule has 0 atom stereocenters. The normalized spacial score (nSPS) is 10.9. The Bertz CT molecular complexity index is 734. The summed E-state index contributed by atoms with van der Waals surface area (Å²) in [6.45, 7) is 0. The summed E-state index contributed by atoms with van der Waals surface area (Å²) in [5, 5.41) is 3.60. The molecule has 0 saturated heterocycles. The van der Waals surface area contributed by atoms with Crippen LogP contribution in [0.5, 0.6) is 0 Å². The molecule has 0 amide bonds. The number of aromatic nitrogens is 3. The van der Waals surface area contributed by atoms with Crippen molar-refractivity contribution in [2.75, 3.05) is 0 Å². The lowest BCUT2D eigenvalue weighted by atomic mass is 10.2. The molecule has 2 aromatic heterocycles. The van der Waals surface area contributed by atoms with Crippen LogP contribution in [0.1, 0.15) is 0 Å². The molecule has 0 bridgehead atoms. The molecular weight excluding hydrogens is 225 g/mol. The Morgan fingerprint density at radius 1 is 1.29 bits per heavy atom. The van der Waals surface area contributed by atoms with Crippen LogP contribution < -0.4 is 5.56 Å².